The van der Waals surface area contributed by atoms with Crippen LogP contribution in [0.4, 0.5) is 10.5 Å². The first-order valence-electron chi connectivity index (χ1n) is 10.3. The Morgan fingerprint density at radius 1 is 1.16 bits per heavy atom. The van der Waals surface area contributed by atoms with E-state index in [1.54, 1.807) is 30.3 Å². The van der Waals surface area contributed by atoms with E-state index in [0.717, 1.165) is 11.1 Å². The minimum Gasteiger partial charge on any atom is -0.369 e. The molecule has 7 nitrogen and oxygen atoms in total. The number of carbonyl (C=O) groups is 2. The van der Waals surface area contributed by atoms with Crippen molar-refractivity contribution >= 4 is 46.8 Å². The van der Waals surface area contributed by atoms with Gasteiger partial charge in [0, 0.05) is 12.2 Å². The van der Waals surface area contributed by atoms with Crippen LogP contribution in [0.15, 0.2) is 47.5 Å². The number of nitrogens with two attached hydrogens (primary N) is 1. The van der Waals surface area contributed by atoms with Gasteiger partial charge in [0.25, 0.3) is 5.91 Å². The van der Waals surface area contributed by atoms with Gasteiger partial charge in [0.15, 0.2) is 5.96 Å². The monoisotopic (exact) mass is 475 g/mol. The highest BCUT2D eigenvalue weighted by Crippen LogP contribution is 2.29. The van der Waals surface area contributed by atoms with Crippen molar-refractivity contribution in [2.45, 2.75) is 45.8 Å². The topological polar surface area (TPSA) is 99.8 Å². The molecule has 0 radical (unpaired) electrons. The zero-order valence-electron chi connectivity index (χ0n) is 18.3. The number of carbonyl (C=O) groups excluding carboxylic acids is 2. The van der Waals surface area contributed by atoms with E-state index in [-0.39, 0.29) is 24.4 Å². The zero-order valence-corrected chi connectivity index (χ0v) is 19.8. The number of hydrogen-bond donors (Lipinski definition) is 3. The van der Waals surface area contributed by atoms with Gasteiger partial charge in [-0.05, 0) is 54.7 Å². The third-order valence-electron chi connectivity index (χ3n) is 5.11. The van der Waals surface area contributed by atoms with E-state index in [2.05, 4.69) is 29.5 Å². The summed E-state index contributed by atoms with van der Waals surface area (Å²) in [6.45, 7) is 6.50. The molecule has 1 unspecified atom stereocenters. The van der Waals surface area contributed by atoms with Crippen LogP contribution in [-0.2, 0) is 17.9 Å². The number of urea groups is 1. The van der Waals surface area contributed by atoms with Crippen molar-refractivity contribution in [3.05, 3.63) is 63.6 Å². The van der Waals surface area contributed by atoms with Crippen molar-refractivity contribution in [2.75, 3.05) is 5.32 Å². The first kappa shape index (κ1) is 23.9. The summed E-state index contributed by atoms with van der Waals surface area (Å²) in [5, 5.41) is 6.46. The molecule has 2 aromatic rings. The minimum absolute atomic E-state index is 0.110. The molecule has 1 atom stereocenters. The second kappa shape index (κ2) is 9.79. The molecule has 3 amide bonds. The van der Waals surface area contributed by atoms with Crippen LogP contribution in [0.5, 0.6) is 0 Å². The second-order valence-corrected chi connectivity index (χ2v) is 9.30. The highest BCUT2D eigenvalue weighted by molar-refractivity contribution is 6.42. The number of hydrogen-bond acceptors (Lipinski definition) is 4. The van der Waals surface area contributed by atoms with Crippen molar-refractivity contribution in [1.29, 1.82) is 0 Å². The fourth-order valence-corrected chi connectivity index (χ4v) is 4.09. The lowest BCUT2D eigenvalue weighted by atomic mass is 9.91. The molecule has 0 fully saturated rings. The first-order valence-corrected chi connectivity index (χ1v) is 11.1. The van der Waals surface area contributed by atoms with E-state index in [9.17, 15) is 9.59 Å². The van der Waals surface area contributed by atoms with Crippen molar-refractivity contribution in [1.82, 2.24) is 10.2 Å². The summed E-state index contributed by atoms with van der Waals surface area (Å²) in [7, 11) is 0. The lowest BCUT2D eigenvalue weighted by molar-refractivity contribution is -0.131. The molecule has 4 N–H and O–H groups in total. The van der Waals surface area contributed by atoms with E-state index >= 15 is 0 Å². The van der Waals surface area contributed by atoms with E-state index in [0.29, 0.717) is 34.6 Å². The maximum atomic E-state index is 12.9. The van der Waals surface area contributed by atoms with Crippen molar-refractivity contribution in [3.63, 3.8) is 0 Å². The Bertz CT molecular complexity index is 1060. The molecule has 0 aliphatic carbocycles. The molecule has 0 bridgehead atoms. The molecule has 0 aromatic heterocycles. The predicted octanol–water partition coefficient (Wildman–Crippen LogP) is 4.78. The molecular weight excluding hydrogens is 449 g/mol. The quantitative estimate of drug-likeness (QED) is 0.537. The normalized spacial score (nSPS) is 18.1. The minimum atomic E-state index is -0.835. The molecular formula is C23H27Cl2N5O2. The number of nitrogens with zero attached hydrogens (tertiary/aromatic N) is 2. The Hall–Kier alpha value is -2.77. The molecule has 0 saturated carbocycles. The third-order valence-corrected chi connectivity index (χ3v) is 5.85. The predicted molar refractivity (Wildman–Crippen MR) is 129 cm³/mol. The zero-order chi connectivity index (χ0) is 23.5. The van der Waals surface area contributed by atoms with Crippen LogP contribution in [0, 0.1) is 5.92 Å². The highest BCUT2D eigenvalue weighted by atomic mass is 35.5. The van der Waals surface area contributed by atoms with Gasteiger partial charge in [0.05, 0.1) is 16.6 Å². The van der Waals surface area contributed by atoms with Crippen LogP contribution >= 0.6 is 23.2 Å². The summed E-state index contributed by atoms with van der Waals surface area (Å²) in [6, 6.07) is 12.1. The van der Waals surface area contributed by atoms with Gasteiger partial charge in [-0.3, -0.25) is 9.69 Å². The second-order valence-electron chi connectivity index (χ2n) is 8.49. The molecule has 1 aliphatic rings. The lowest BCUT2D eigenvalue weighted by Gasteiger charge is -2.23. The number of aliphatic imine (C=N–C) groups is 1. The summed E-state index contributed by atoms with van der Waals surface area (Å²) < 4.78 is 0. The van der Waals surface area contributed by atoms with Gasteiger partial charge in [-0.1, -0.05) is 55.2 Å². The smallest absolute Gasteiger partial charge is 0.319 e. The van der Waals surface area contributed by atoms with Gasteiger partial charge in [0.1, 0.15) is 5.54 Å². The first-order chi connectivity index (χ1) is 15.1. The van der Waals surface area contributed by atoms with Crippen LogP contribution in [0.3, 0.4) is 0 Å². The van der Waals surface area contributed by atoms with Gasteiger partial charge in [-0.15, -0.1) is 0 Å². The summed E-state index contributed by atoms with van der Waals surface area (Å²) in [4.78, 5) is 31.2. The summed E-state index contributed by atoms with van der Waals surface area (Å²) in [5.74, 6) is 0.424. The maximum absolute atomic E-state index is 12.9. The van der Waals surface area contributed by atoms with Crippen LogP contribution in [-0.4, -0.2) is 28.3 Å². The van der Waals surface area contributed by atoms with E-state index < -0.39 is 5.54 Å². The third kappa shape index (κ3) is 5.72. The van der Waals surface area contributed by atoms with E-state index in [1.165, 1.54) is 4.90 Å². The lowest BCUT2D eigenvalue weighted by Crippen LogP contribution is -2.43. The molecule has 170 valence electrons. The van der Waals surface area contributed by atoms with Crippen LogP contribution in [0.1, 0.15) is 38.3 Å². The van der Waals surface area contributed by atoms with Crippen molar-refractivity contribution in [3.8, 4) is 0 Å². The molecule has 1 aliphatic heterocycles. The average molecular weight is 476 g/mol. The molecule has 2 aromatic carbocycles. The van der Waals surface area contributed by atoms with E-state index in [4.69, 9.17) is 28.9 Å². The number of benzene rings is 2. The number of guanidine groups is 1. The molecule has 0 spiro atoms. The van der Waals surface area contributed by atoms with Crippen LogP contribution < -0.4 is 16.4 Å². The summed E-state index contributed by atoms with van der Waals surface area (Å²) >= 11 is 11.9. The van der Waals surface area contributed by atoms with Gasteiger partial charge in [0.2, 0.25) is 0 Å². The molecule has 0 saturated heterocycles. The number of nitrogens with one attached hydrogen (secondary N) is 2. The summed E-state index contributed by atoms with van der Waals surface area (Å²) in [5.41, 5.74) is 7.48. The Kier molecular flexibility index (Phi) is 7.31. The average Bonchev–Trinajstić information content (AvgIpc) is 2.91. The van der Waals surface area contributed by atoms with Crippen molar-refractivity contribution in [2.24, 2.45) is 16.6 Å². The number of anilines is 1. The SMILES string of the molecule is CC(C)CC1(C)N=C(N)N(Cc2cccc(NC(=O)NCc3ccc(Cl)c(Cl)c3)c2)C1=O. The Morgan fingerprint density at radius 2 is 1.91 bits per heavy atom. The standard InChI is InChI=1S/C23H27Cl2N5O2/c1-14(2)11-23(3)20(31)30(21(26)29-23)13-16-5-4-6-17(9-16)28-22(32)27-12-15-7-8-18(24)19(25)10-15/h4-10,14H,11-13H2,1-3H3,(H2,26,29)(H2,27,28,32). The van der Waals surface area contributed by atoms with Gasteiger partial charge >= 0.3 is 6.03 Å². The van der Waals surface area contributed by atoms with Crippen LogP contribution in [0.2, 0.25) is 10.0 Å². The fraction of sp³-hybridized carbons (Fsp3) is 0.348. The van der Waals surface area contributed by atoms with Crippen LogP contribution in [0.25, 0.3) is 0 Å². The molecule has 3 rings (SSSR count). The van der Waals surface area contributed by atoms with Crippen molar-refractivity contribution < 1.29 is 9.59 Å². The Balaban J connectivity index is 1.60. The number of halogens is 2. The molecule has 9 heteroatoms. The fourth-order valence-electron chi connectivity index (χ4n) is 3.77. The summed E-state index contributed by atoms with van der Waals surface area (Å²) in [6.07, 6.45) is 0.629. The van der Waals surface area contributed by atoms with Gasteiger partial charge in [-0.25, -0.2) is 9.79 Å². The number of amides is 3. The molecule has 1 heterocycles. The van der Waals surface area contributed by atoms with Gasteiger partial charge < -0.3 is 16.4 Å². The van der Waals surface area contributed by atoms with E-state index in [1.807, 2.05) is 19.1 Å². The number of rotatable bonds is 7. The van der Waals surface area contributed by atoms with Gasteiger partial charge in [-0.2, -0.15) is 0 Å². The Morgan fingerprint density at radius 3 is 2.59 bits per heavy atom. The highest BCUT2D eigenvalue weighted by Gasteiger charge is 2.44. The Labute approximate surface area is 198 Å². The molecule has 32 heavy (non-hydrogen) atoms. The largest absolute Gasteiger partial charge is 0.369 e. The maximum Gasteiger partial charge on any atom is 0.319 e.